The molecule has 0 bridgehead atoms. The van der Waals surface area contributed by atoms with Gasteiger partial charge in [-0.05, 0) is 49.8 Å². The third-order valence-corrected chi connectivity index (χ3v) is 3.76. The van der Waals surface area contributed by atoms with Gasteiger partial charge in [0.15, 0.2) is 0 Å². The van der Waals surface area contributed by atoms with Gasteiger partial charge < -0.3 is 11.1 Å². The van der Waals surface area contributed by atoms with Gasteiger partial charge in [0, 0.05) is 11.7 Å². The van der Waals surface area contributed by atoms with Crippen LogP contribution in [-0.2, 0) is 0 Å². The van der Waals surface area contributed by atoms with Crippen molar-refractivity contribution in [3.8, 4) is 0 Å². The molecule has 16 heavy (non-hydrogen) atoms. The predicted molar refractivity (Wildman–Crippen MR) is 69.4 cm³/mol. The highest BCUT2D eigenvalue weighted by atomic mass is 14.9. The van der Waals surface area contributed by atoms with Gasteiger partial charge in [-0.3, -0.25) is 0 Å². The Kier molecular flexibility index (Phi) is 3.83. The first kappa shape index (κ1) is 11.5. The number of para-hydroxylation sites is 1. The number of rotatable bonds is 3. The quantitative estimate of drug-likeness (QED) is 0.818. The molecule has 0 spiro atoms. The molecule has 0 heterocycles. The molecule has 3 N–H and O–H groups in total. The minimum atomic E-state index is 0.588. The zero-order valence-electron chi connectivity index (χ0n) is 10.0. The Hall–Kier alpha value is -1.02. The van der Waals surface area contributed by atoms with Crippen LogP contribution in [0.15, 0.2) is 30.3 Å². The summed E-state index contributed by atoms with van der Waals surface area (Å²) >= 11 is 0. The molecular formula is C14H22N2. The summed E-state index contributed by atoms with van der Waals surface area (Å²) in [5, 5.41) is 3.64. The molecule has 3 atom stereocenters. The summed E-state index contributed by atoms with van der Waals surface area (Å²) in [7, 11) is 0. The molecule has 1 aliphatic rings. The van der Waals surface area contributed by atoms with Crippen molar-refractivity contribution >= 4 is 5.69 Å². The van der Waals surface area contributed by atoms with Crippen LogP contribution in [-0.4, -0.2) is 12.6 Å². The lowest BCUT2D eigenvalue weighted by Crippen LogP contribution is -2.36. The Balaban J connectivity index is 1.97. The van der Waals surface area contributed by atoms with Crippen LogP contribution in [0.5, 0.6) is 0 Å². The van der Waals surface area contributed by atoms with E-state index in [1.54, 1.807) is 0 Å². The van der Waals surface area contributed by atoms with Crippen molar-refractivity contribution in [2.24, 2.45) is 17.6 Å². The SMILES string of the molecule is CC1CCC(CN)CC1Nc1ccccc1. The van der Waals surface area contributed by atoms with Crippen LogP contribution in [0, 0.1) is 11.8 Å². The summed E-state index contributed by atoms with van der Waals surface area (Å²) in [5.41, 5.74) is 7.01. The van der Waals surface area contributed by atoms with Crippen molar-refractivity contribution in [1.29, 1.82) is 0 Å². The third kappa shape index (κ3) is 2.76. The van der Waals surface area contributed by atoms with Crippen LogP contribution in [0.4, 0.5) is 5.69 Å². The maximum Gasteiger partial charge on any atom is 0.0342 e. The molecule has 1 saturated carbocycles. The standard InChI is InChI=1S/C14H22N2/c1-11-7-8-12(10-15)9-14(11)16-13-5-3-2-4-6-13/h2-6,11-12,14,16H,7-10,15H2,1H3. The van der Waals surface area contributed by atoms with E-state index in [1.165, 1.54) is 24.9 Å². The Labute approximate surface area is 98.2 Å². The average molecular weight is 218 g/mol. The molecule has 1 aromatic rings. The zero-order valence-corrected chi connectivity index (χ0v) is 10.0. The molecule has 0 aliphatic heterocycles. The van der Waals surface area contributed by atoms with Gasteiger partial charge in [0.05, 0.1) is 0 Å². The molecule has 1 aliphatic carbocycles. The van der Waals surface area contributed by atoms with Crippen molar-refractivity contribution < 1.29 is 0 Å². The molecule has 2 heteroatoms. The van der Waals surface area contributed by atoms with E-state index in [4.69, 9.17) is 5.73 Å². The van der Waals surface area contributed by atoms with Gasteiger partial charge in [0.25, 0.3) is 0 Å². The smallest absolute Gasteiger partial charge is 0.0342 e. The van der Waals surface area contributed by atoms with E-state index < -0.39 is 0 Å². The summed E-state index contributed by atoms with van der Waals surface area (Å²) in [6.07, 6.45) is 3.81. The van der Waals surface area contributed by atoms with Crippen molar-refractivity contribution in [3.05, 3.63) is 30.3 Å². The van der Waals surface area contributed by atoms with E-state index >= 15 is 0 Å². The summed E-state index contributed by atoms with van der Waals surface area (Å²) in [6.45, 7) is 3.17. The number of hydrogen-bond acceptors (Lipinski definition) is 2. The molecule has 3 unspecified atom stereocenters. The highest BCUT2D eigenvalue weighted by Gasteiger charge is 2.26. The first-order chi connectivity index (χ1) is 7.79. The van der Waals surface area contributed by atoms with Gasteiger partial charge in [0.1, 0.15) is 0 Å². The molecule has 88 valence electrons. The maximum absolute atomic E-state index is 5.78. The summed E-state index contributed by atoms with van der Waals surface area (Å²) in [5.74, 6) is 1.46. The van der Waals surface area contributed by atoms with Gasteiger partial charge in [-0.25, -0.2) is 0 Å². The van der Waals surface area contributed by atoms with Gasteiger partial charge in [-0.1, -0.05) is 25.1 Å². The number of hydrogen-bond donors (Lipinski definition) is 2. The highest BCUT2D eigenvalue weighted by Crippen LogP contribution is 2.30. The van der Waals surface area contributed by atoms with E-state index in [9.17, 15) is 0 Å². The molecule has 0 amide bonds. The predicted octanol–water partition coefficient (Wildman–Crippen LogP) is 2.86. The Morgan fingerprint density at radius 3 is 2.69 bits per heavy atom. The summed E-state index contributed by atoms with van der Waals surface area (Å²) < 4.78 is 0. The number of nitrogens with two attached hydrogens (primary N) is 1. The number of nitrogens with one attached hydrogen (secondary N) is 1. The van der Waals surface area contributed by atoms with Crippen LogP contribution in [0.2, 0.25) is 0 Å². The summed E-state index contributed by atoms with van der Waals surface area (Å²) in [6, 6.07) is 11.1. The lowest BCUT2D eigenvalue weighted by atomic mass is 9.79. The molecule has 1 aromatic carbocycles. The van der Waals surface area contributed by atoms with Gasteiger partial charge in [0.2, 0.25) is 0 Å². The lowest BCUT2D eigenvalue weighted by molar-refractivity contribution is 0.270. The maximum atomic E-state index is 5.78. The van der Waals surface area contributed by atoms with Gasteiger partial charge in [-0.2, -0.15) is 0 Å². The normalized spacial score (nSPS) is 30.0. The van der Waals surface area contributed by atoms with Gasteiger partial charge >= 0.3 is 0 Å². The molecule has 1 fully saturated rings. The lowest BCUT2D eigenvalue weighted by Gasteiger charge is -2.35. The average Bonchev–Trinajstić information content (AvgIpc) is 2.33. The van der Waals surface area contributed by atoms with E-state index in [0.717, 1.165) is 12.5 Å². The molecule has 2 rings (SSSR count). The van der Waals surface area contributed by atoms with Crippen molar-refractivity contribution in [2.75, 3.05) is 11.9 Å². The van der Waals surface area contributed by atoms with E-state index in [1.807, 2.05) is 0 Å². The topological polar surface area (TPSA) is 38.0 Å². The monoisotopic (exact) mass is 218 g/mol. The third-order valence-electron chi connectivity index (χ3n) is 3.76. The summed E-state index contributed by atoms with van der Waals surface area (Å²) in [4.78, 5) is 0. The second-order valence-corrected chi connectivity index (χ2v) is 5.01. The van der Waals surface area contributed by atoms with Crippen LogP contribution < -0.4 is 11.1 Å². The minimum Gasteiger partial charge on any atom is -0.382 e. The minimum absolute atomic E-state index is 0.588. The van der Waals surface area contributed by atoms with Crippen molar-refractivity contribution in [2.45, 2.75) is 32.2 Å². The second-order valence-electron chi connectivity index (χ2n) is 5.01. The van der Waals surface area contributed by atoms with Crippen molar-refractivity contribution in [1.82, 2.24) is 0 Å². The Morgan fingerprint density at radius 1 is 1.25 bits per heavy atom. The Bertz CT molecular complexity index is 310. The largest absolute Gasteiger partial charge is 0.382 e. The molecule has 0 saturated heterocycles. The fourth-order valence-electron chi connectivity index (χ4n) is 2.57. The van der Waals surface area contributed by atoms with Crippen LogP contribution in [0.3, 0.4) is 0 Å². The van der Waals surface area contributed by atoms with Crippen LogP contribution >= 0.6 is 0 Å². The molecule has 2 nitrogen and oxygen atoms in total. The highest BCUT2D eigenvalue weighted by molar-refractivity contribution is 5.43. The molecule has 0 radical (unpaired) electrons. The van der Waals surface area contributed by atoms with Gasteiger partial charge in [-0.15, -0.1) is 0 Å². The van der Waals surface area contributed by atoms with E-state index in [0.29, 0.717) is 12.0 Å². The van der Waals surface area contributed by atoms with E-state index in [2.05, 4.69) is 42.6 Å². The number of benzene rings is 1. The van der Waals surface area contributed by atoms with Crippen LogP contribution in [0.25, 0.3) is 0 Å². The fourth-order valence-corrected chi connectivity index (χ4v) is 2.57. The molecular weight excluding hydrogens is 196 g/mol. The first-order valence-electron chi connectivity index (χ1n) is 6.31. The first-order valence-corrected chi connectivity index (χ1v) is 6.31. The number of anilines is 1. The van der Waals surface area contributed by atoms with E-state index in [-0.39, 0.29) is 0 Å². The molecule has 0 aromatic heterocycles. The van der Waals surface area contributed by atoms with Crippen molar-refractivity contribution in [3.63, 3.8) is 0 Å². The Morgan fingerprint density at radius 2 is 2.00 bits per heavy atom. The zero-order chi connectivity index (χ0) is 11.4. The second kappa shape index (κ2) is 5.35. The fraction of sp³-hybridized carbons (Fsp3) is 0.571. The van der Waals surface area contributed by atoms with Crippen LogP contribution in [0.1, 0.15) is 26.2 Å².